The number of aromatic nitrogens is 2. The third-order valence-electron chi connectivity index (χ3n) is 4.39. The Morgan fingerprint density at radius 3 is 2.96 bits per heavy atom. The van der Waals surface area contributed by atoms with Crippen molar-refractivity contribution in [2.24, 2.45) is 0 Å². The average Bonchev–Trinajstić information content (AvgIpc) is 3.38. The van der Waals surface area contributed by atoms with Gasteiger partial charge in [0.05, 0.1) is 24.9 Å². The Bertz CT molecular complexity index is 874. The summed E-state index contributed by atoms with van der Waals surface area (Å²) in [6.07, 6.45) is 5.96. The quantitative estimate of drug-likeness (QED) is 0.701. The predicted molar refractivity (Wildman–Crippen MR) is 92.5 cm³/mol. The third-order valence-corrected chi connectivity index (χ3v) is 4.39. The molecule has 3 aromatic rings. The number of hydrogen-bond acceptors (Lipinski definition) is 6. The van der Waals surface area contributed by atoms with Crippen LogP contribution in [0.1, 0.15) is 17.9 Å². The summed E-state index contributed by atoms with van der Waals surface area (Å²) in [5.74, 6) is 2.38. The minimum atomic E-state index is -0.00145. The van der Waals surface area contributed by atoms with E-state index in [1.165, 1.54) is 0 Å². The molecule has 0 spiro atoms. The van der Waals surface area contributed by atoms with Crippen LogP contribution in [0.5, 0.6) is 5.75 Å². The molecule has 1 atom stereocenters. The number of ether oxygens (including phenoxy) is 1. The SMILES string of the molecule is Cc1oc(-c2ccco2)nc1CC(=O)N1CC[C@@H](Oc2ccncc2)C1. The van der Waals surface area contributed by atoms with Crippen LogP contribution in [0, 0.1) is 6.92 Å². The number of amides is 1. The Hall–Kier alpha value is -3.09. The van der Waals surface area contributed by atoms with Gasteiger partial charge in [-0.1, -0.05) is 0 Å². The van der Waals surface area contributed by atoms with E-state index in [4.69, 9.17) is 13.6 Å². The zero-order valence-electron chi connectivity index (χ0n) is 14.4. The van der Waals surface area contributed by atoms with Gasteiger partial charge in [0, 0.05) is 25.4 Å². The number of pyridine rings is 1. The van der Waals surface area contributed by atoms with Crippen molar-refractivity contribution < 1.29 is 18.4 Å². The molecule has 0 radical (unpaired) electrons. The summed E-state index contributed by atoms with van der Waals surface area (Å²) in [6, 6.07) is 7.18. The second kappa shape index (κ2) is 7.03. The molecule has 1 saturated heterocycles. The summed E-state index contributed by atoms with van der Waals surface area (Å²) in [6.45, 7) is 3.06. The van der Waals surface area contributed by atoms with Crippen LogP contribution in [0.2, 0.25) is 0 Å². The van der Waals surface area contributed by atoms with Gasteiger partial charge in [-0.3, -0.25) is 9.78 Å². The van der Waals surface area contributed by atoms with Gasteiger partial charge in [0.1, 0.15) is 17.6 Å². The van der Waals surface area contributed by atoms with Gasteiger partial charge in [0.15, 0.2) is 5.76 Å². The number of furan rings is 1. The lowest BCUT2D eigenvalue weighted by atomic mass is 10.2. The van der Waals surface area contributed by atoms with Crippen LogP contribution in [-0.2, 0) is 11.2 Å². The van der Waals surface area contributed by atoms with Crippen molar-refractivity contribution in [3.05, 3.63) is 54.4 Å². The number of carbonyl (C=O) groups excluding carboxylic acids is 1. The fourth-order valence-electron chi connectivity index (χ4n) is 3.01. The molecule has 134 valence electrons. The molecule has 0 aliphatic carbocycles. The fraction of sp³-hybridized carbons (Fsp3) is 0.316. The minimum Gasteiger partial charge on any atom is -0.488 e. The number of rotatable bonds is 5. The third kappa shape index (κ3) is 3.46. The molecule has 0 aromatic carbocycles. The van der Waals surface area contributed by atoms with Crippen LogP contribution in [0.25, 0.3) is 11.7 Å². The van der Waals surface area contributed by atoms with E-state index < -0.39 is 0 Å². The molecule has 7 nitrogen and oxygen atoms in total. The second-order valence-electron chi connectivity index (χ2n) is 6.23. The lowest BCUT2D eigenvalue weighted by molar-refractivity contribution is -0.129. The van der Waals surface area contributed by atoms with Crippen molar-refractivity contribution in [3.8, 4) is 17.4 Å². The van der Waals surface area contributed by atoms with Crippen molar-refractivity contribution in [1.29, 1.82) is 0 Å². The number of hydrogen-bond donors (Lipinski definition) is 0. The first kappa shape index (κ1) is 16.4. The van der Waals surface area contributed by atoms with Crippen LogP contribution >= 0.6 is 0 Å². The zero-order valence-corrected chi connectivity index (χ0v) is 14.4. The van der Waals surface area contributed by atoms with Gasteiger partial charge >= 0.3 is 0 Å². The van der Waals surface area contributed by atoms with E-state index >= 15 is 0 Å². The topological polar surface area (TPSA) is 81.6 Å². The first-order valence-electron chi connectivity index (χ1n) is 8.53. The van der Waals surface area contributed by atoms with E-state index in [9.17, 15) is 4.79 Å². The van der Waals surface area contributed by atoms with Gasteiger partial charge in [0.25, 0.3) is 5.89 Å². The van der Waals surface area contributed by atoms with Gasteiger partial charge in [-0.25, -0.2) is 4.98 Å². The lowest BCUT2D eigenvalue weighted by Crippen LogP contribution is -2.32. The number of oxazole rings is 1. The number of likely N-dealkylation sites (tertiary alicyclic amines) is 1. The molecule has 0 N–H and O–H groups in total. The summed E-state index contributed by atoms with van der Waals surface area (Å²) in [7, 11) is 0. The maximum atomic E-state index is 12.6. The Morgan fingerprint density at radius 2 is 2.19 bits per heavy atom. The molecule has 1 fully saturated rings. The predicted octanol–water partition coefficient (Wildman–Crippen LogP) is 2.86. The highest BCUT2D eigenvalue weighted by molar-refractivity contribution is 5.79. The molecule has 4 heterocycles. The first-order valence-corrected chi connectivity index (χ1v) is 8.53. The van der Waals surface area contributed by atoms with Crippen LogP contribution in [0.15, 0.2) is 51.8 Å². The summed E-state index contributed by atoms with van der Waals surface area (Å²) >= 11 is 0. The zero-order chi connectivity index (χ0) is 17.9. The molecule has 0 saturated carbocycles. The fourth-order valence-corrected chi connectivity index (χ4v) is 3.01. The number of nitrogens with zero attached hydrogens (tertiary/aromatic N) is 3. The van der Waals surface area contributed by atoms with Gasteiger partial charge in [-0.05, 0) is 31.2 Å². The van der Waals surface area contributed by atoms with E-state index in [2.05, 4.69) is 9.97 Å². The van der Waals surface area contributed by atoms with Crippen LogP contribution < -0.4 is 4.74 Å². The monoisotopic (exact) mass is 353 g/mol. The van der Waals surface area contributed by atoms with E-state index in [0.29, 0.717) is 36.2 Å². The molecule has 4 rings (SSSR count). The van der Waals surface area contributed by atoms with Gasteiger partial charge in [-0.2, -0.15) is 0 Å². The Morgan fingerprint density at radius 1 is 1.35 bits per heavy atom. The first-order chi connectivity index (χ1) is 12.7. The molecule has 26 heavy (non-hydrogen) atoms. The van der Waals surface area contributed by atoms with Crippen LogP contribution in [0.4, 0.5) is 0 Å². The van der Waals surface area contributed by atoms with Crippen molar-refractivity contribution in [3.63, 3.8) is 0 Å². The van der Waals surface area contributed by atoms with E-state index in [-0.39, 0.29) is 18.4 Å². The van der Waals surface area contributed by atoms with Crippen molar-refractivity contribution in [1.82, 2.24) is 14.9 Å². The van der Waals surface area contributed by atoms with E-state index in [1.54, 1.807) is 37.7 Å². The highest BCUT2D eigenvalue weighted by atomic mass is 16.5. The number of carbonyl (C=O) groups is 1. The molecule has 1 aliphatic heterocycles. The maximum Gasteiger partial charge on any atom is 0.263 e. The van der Waals surface area contributed by atoms with Gasteiger partial charge in [-0.15, -0.1) is 0 Å². The van der Waals surface area contributed by atoms with Crippen molar-refractivity contribution in [2.45, 2.75) is 25.9 Å². The summed E-state index contributed by atoms with van der Waals surface area (Å²) in [5, 5.41) is 0. The minimum absolute atomic E-state index is 0.00145. The normalized spacial score (nSPS) is 16.8. The maximum absolute atomic E-state index is 12.6. The van der Waals surface area contributed by atoms with E-state index in [1.807, 2.05) is 17.0 Å². The largest absolute Gasteiger partial charge is 0.488 e. The highest BCUT2D eigenvalue weighted by Crippen LogP contribution is 2.23. The molecule has 0 bridgehead atoms. The Kier molecular flexibility index (Phi) is 4.43. The average molecular weight is 353 g/mol. The Labute approximate surface area is 150 Å². The molecule has 1 amide bonds. The highest BCUT2D eigenvalue weighted by Gasteiger charge is 2.28. The van der Waals surface area contributed by atoms with Crippen LogP contribution in [0.3, 0.4) is 0 Å². The standard InChI is InChI=1S/C19H19N3O4/c1-13-16(21-19(25-13)17-3-2-10-24-17)11-18(23)22-9-6-15(12-22)26-14-4-7-20-8-5-14/h2-5,7-8,10,15H,6,9,11-12H2,1H3/t15-/m1/s1. The Balaban J connectivity index is 1.37. The molecular formula is C19H19N3O4. The summed E-state index contributed by atoms with van der Waals surface area (Å²) in [4.78, 5) is 22.8. The molecule has 3 aromatic heterocycles. The summed E-state index contributed by atoms with van der Waals surface area (Å²) < 4.78 is 16.8. The summed E-state index contributed by atoms with van der Waals surface area (Å²) in [5.41, 5.74) is 0.639. The van der Waals surface area contributed by atoms with Crippen molar-refractivity contribution >= 4 is 5.91 Å². The lowest BCUT2D eigenvalue weighted by Gasteiger charge is -2.17. The molecule has 7 heteroatoms. The van der Waals surface area contributed by atoms with Crippen LogP contribution in [-0.4, -0.2) is 40.0 Å². The van der Waals surface area contributed by atoms with Crippen molar-refractivity contribution in [2.75, 3.05) is 13.1 Å². The molecule has 1 aliphatic rings. The van der Waals surface area contributed by atoms with E-state index in [0.717, 1.165) is 12.2 Å². The number of aryl methyl sites for hydroxylation is 1. The second-order valence-corrected chi connectivity index (χ2v) is 6.23. The molecular weight excluding hydrogens is 334 g/mol. The van der Waals surface area contributed by atoms with Gasteiger partial charge in [0.2, 0.25) is 5.91 Å². The smallest absolute Gasteiger partial charge is 0.263 e. The molecule has 0 unspecified atom stereocenters. The van der Waals surface area contributed by atoms with Gasteiger partial charge < -0.3 is 18.5 Å².